The number of pyridine rings is 1. The lowest BCUT2D eigenvalue weighted by Gasteiger charge is -2.24. The maximum atomic E-state index is 13.3. The molecular formula is C23H25N7O4S. The molecule has 0 spiro atoms. The van der Waals surface area contributed by atoms with Crippen LogP contribution >= 0.6 is 11.8 Å². The highest BCUT2D eigenvalue weighted by Crippen LogP contribution is 2.22. The highest BCUT2D eigenvalue weighted by atomic mass is 32.2. The Morgan fingerprint density at radius 3 is 2.69 bits per heavy atom. The Morgan fingerprint density at radius 1 is 1.14 bits per heavy atom. The first kappa shape index (κ1) is 24.2. The van der Waals surface area contributed by atoms with Crippen LogP contribution in [0, 0.1) is 0 Å². The number of anilines is 2. The van der Waals surface area contributed by atoms with E-state index in [2.05, 4.69) is 15.2 Å². The van der Waals surface area contributed by atoms with Crippen molar-refractivity contribution in [2.45, 2.75) is 18.1 Å². The quantitative estimate of drug-likeness (QED) is 0.248. The van der Waals surface area contributed by atoms with Crippen LogP contribution in [0.3, 0.4) is 0 Å². The second-order valence-corrected chi connectivity index (χ2v) is 8.60. The molecule has 3 N–H and O–H groups in total. The van der Waals surface area contributed by atoms with Crippen molar-refractivity contribution >= 4 is 34.8 Å². The molecule has 1 aromatic carbocycles. The van der Waals surface area contributed by atoms with E-state index >= 15 is 0 Å². The standard InChI is InChI=1S/C23H25N7O4S/c1-34-13-7-12-29(18(31)15-35-23-27-26-17-10-5-6-11-28(17)23)19-20(24)30(22(33)25-21(19)32)14-16-8-3-2-4-9-16/h2-6,8-11H,7,12-15,24H2,1H3,(H,25,32,33). The fourth-order valence-electron chi connectivity index (χ4n) is 3.61. The number of thioether (sulfide) groups is 1. The molecule has 1 amide bonds. The van der Waals surface area contributed by atoms with Gasteiger partial charge in [-0.15, -0.1) is 10.2 Å². The van der Waals surface area contributed by atoms with Gasteiger partial charge in [-0.05, 0) is 24.1 Å². The number of methoxy groups -OCH3 is 1. The Hall–Kier alpha value is -3.90. The summed E-state index contributed by atoms with van der Waals surface area (Å²) in [6.07, 6.45) is 2.28. The third kappa shape index (κ3) is 5.44. The second-order valence-electron chi connectivity index (χ2n) is 7.66. The molecule has 3 heterocycles. The normalized spacial score (nSPS) is 11.1. The number of ether oxygens (including phenoxy) is 1. The molecule has 3 aromatic heterocycles. The van der Waals surface area contributed by atoms with Crippen LogP contribution in [-0.2, 0) is 16.1 Å². The molecule has 0 aliphatic carbocycles. The monoisotopic (exact) mass is 495 g/mol. The van der Waals surface area contributed by atoms with Crippen molar-refractivity contribution in [3.63, 3.8) is 0 Å². The lowest BCUT2D eigenvalue weighted by Crippen LogP contribution is -2.42. The number of aromatic nitrogens is 5. The minimum atomic E-state index is -0.722. The summed E-state index contributed by atoms with van der Waals surface area (Å²) < 4.78 is 8.14. The summed E-state index contributed by atoms with van der Waals surface area (Å²) in [6, 6.07) is 14.7. The summed E-state index contributed by atoms with van der Waals surface area (Å²) >= 11 is 1.19. The summed E-state index contributed by atoms with van der Waals surface area (Å²) in [6.45, 7) is 0.716. The number of hydrogen-bond acceptors (Lipinski definition) is 8. The lowest BCUT2D eigenvalue weighted by molar-refractivity contribution is -0.116. The van der Waals surface area contributed by atoms with Crippen LogP contribution in [0.4, 0.5) is 11.5 Å². The molecule has 0 aliphatic rings. The van der Waals surface area contributed by atoms with Gasteiger partial charge < -0.3 is 15.4 Å². The topological polar surface area (TPSA) is 141 Å². The van der Waals surface area contributed by atoms with Gasteiger partial charge in [0, 0.05) is 26.5 Å². The minimum absolute atomic E-state index is 0.0145. The Labute approximate surface area is 204 Å². The van der Waals surface area contributed by atoms with Crippen molar-refractivity contribution in [3.8, 4) is 0 Å². The van der Waals surface area contributed by atoms with Gasteiger partial charge in [0.1, 0.15) is 5.82 Å². The van der Waals surface area contributed by atoms with Crippen LogP contribution in [0.25, 0.3) is 5.65 Å². The van der Waals surface area contributed by atoms with E-state index in [-0.39, 0.29) is 36.3 Å². The third-order valence-corrected chi connectivity index (χ3v) is 6.23. The van der Waals surface area contributed by atoms with Gasteiger partial charge in [-0.25, -0.2) is 4.79 Å². The van der Waals surface area contributed by atoms with Crippen molar-refractivity contribution in [2.75, 3.05) is 36.6 Å². The van der Waals surface area contributed by atoms with Crippen LogP contribution in [0.1, 0.15) is 12.0 Å². The minimum Gasteiger partial charge on any atom is -0.385 e. The lowest BCUT2D eigenvalue weighted by atomic mass is 10.2. The Kier molecular flexibility index (Phi) is 7.63. The largest absolute Gasteiger partial charge is 0.385 e. The summed E-state index contributed by atoms with van der Waals surface area (Å²) in [5, 5.41) is 8.76. The number of hydrogen-bond donors (Lipinski definition) is 2. The number of nitrogens with two attached hydrogens (primary N) is 1. The average molecular weight is 496 g/mol. The predicted molar refractivity (Wildman–Crippen MR) is 134 cm³/mol. The molecule has 0 fully saturated rings. The summed E-state index contributed by atoms with van der Waals surface area (Å²) in [4.78, 5) is 42.4. The van der Waals surface area contributed by atoms with E-state index in [1.807, 2.05) is 48.5 Å². The van der Waals surface area contributed by atoms with Crippen molar-refractivity contribution < 1.29 is 9.53 Å². The van der Waals surface area contributed by atoms with E-state index < -0.39 is 11.2 Å². The first-order valence-electron chi connectivity index (χ1n) is 10.9. The zero-order valence-electron chi connectivity index (χ0n) is 19.1. The van der Waals surface area contributed by atoms with E-state index in [1.54, 1.807) is 17.7 Å². The van der Waals surface area contributed by atoms with Gasteiger partial charge in [-0.1, -0.05) is 48.2 Å². The zero-order chi connectivity index (χ0) is 24.8. The number of nitrogen functional groups attached to an aromatic ring is 1. The van der Waals surface area contributed by atoms with Gasteiger partial charge in [0.2, 0.25) is 5.91 Å². The van der Waals surface area contributed by atoms with E-state index in [1.165, 1.54) is 21.2 Å². The van der Waals surface area contributed by atoms with Crippen LogP contribution in [0.2, 0.25) is 0 Å². The molecule has 35 heavy (non-hydrogen) atoms. The number of aromatic amines is 1. The van der Waals surface area contributed by atoms with E-state index in [9.17, 15) is 14.4 Å². The molecule has 4 aromatic rings. The number of fused-ring (bicyclic) bond motifs is 1. The summed E-state index contributed by atoms with van der Waals surface area (Å²) in [5.41, 5.74) is 6.38. The number of nitrogens with one attached hydrogen (secondary N) is 1. The van der Waals surface area contributed by atoms with Crippen LogP contribution < -0.4 is 21.9 Å². The molecule has 11 nitrogen and oxygen atoms in total. The summed E-state index contributed by atoms with van der Waals surface area (Å²) in [5.74, 6) is -0.452. The highest BCUT2D eigenvalue weighted by molar-refractivity contribution is 7.99. The Morgan fingerprint density at radius 2 is 1.91 bits per heavy atom. The van der Waals surface area contributed by atoms with Crippen LogP contribution in [0.15, 0.2) is 69.5 Å². The van der Waals surface area contributed by atoms with Gasteiger partial charge in [-0.2, -0.15) is 0 Å². The molecule has 0 bridgehead atoms. The molecular weight excluding hydrogens is 470 g/mol. The predicted octanol–water partition coefficient (Wildman–Crippen LogP) is 1.37. The van der Waals surface area contributed by atoms with E-state index in [4.69, 9.17) is 10.5 Å². The Balaban J connectivity index is 1.64. The molecule has 182 valence electrons. The number of carbonyl (C=O) groups is 1. The molecule has 0 aliphatic heterocycles. The van der Waals surface area contributed by atoms with Gasteiger partial charge in [-0.3, -0.25) is 23.5 Å². The molecule has 0 radical (unpaired) electrons. The molecule has 0 unspecified atom stereocenters. The second kappa shape index (κ2) is 11.0. The van der Waals surface area contributed by atoms with Crippen molar-refractivity contribution in [2.24, 2.45) is 0 Å². The maximum Gasteiger partial charge on any atom is 0.330 e. The van der Waals surface area contributed by atoms with Crippen LogP contribution in [0.5, 0.6) is 0 Å². The van der Waals surface area contributed by atoms with Crippen molar-refractivity contribution in [1.29, 1.82) is 0 Å². The number of amides is 1. The smallest absolute Gasteiger partial charge is 0.330 e. The number of carbonyl (C=O) groups excluding carboxylic acids is 1. The van der Waals surface area contributed by atoms with E-state index in [0.29, 0.717) is 23.8 Å². The SMILES string of the molecule is COCCCN(C(=O)CSc1nnc2ccccn12)c1c(N)n(Cc2ccccc2)c(=O)[nH]c1=O. The molecule has 4 rings (SSSR count). The third-order valence-electron chi connectivity index (χ3n) is 5.31. The van der Waals surface area contributed by atoms with Crippen molar-refractivity contribution in [1.82, 2.24) is 24.1 Å². The number of nitrogens with zero attached hydrogens (tertiary/aromatic N) is 5. The first-order valence-corrected chi connectivity index (χ1v) is 11.9. The van der Waals surface area contributed by atoms with Gasteiger partial charge in [0.15, 0.2) is 16.5 Å². The fraction of sp³-hybridized carbons (Fsp3) is 0.261. The maximum absolute atomic E-state index is 13.3. The zero-order valence-corrected chi connectivity index (χ0v) is 19.9. The average Bonchev–Trinajstić information content (AvgIpc) is 3.28. The van der Waals surface area contributed by atoms with Gasteiger partial charge >= 0.3 is 5.69 Å². The first-order chi connectivity index (χ1) is 17.0. The van der Waals surface area contributed by atoms with Gasteiger partial charge in [0.05, 0.1) is 12.3 Å². The summed E-state index contributed by atoms with van der Waals surface area (Å²) in [7, 11) is 1.56. The molecule has 0 saturated carbocycles. The van der Waals surface area contributed by atoms with E-state index in [0.717, 1.165) is 5.56 Å². The number of benzene rings is 1. The molecule has 0 saturated heterocycles. The van der Waals surface area contributed by atoms with Gasteiger partial charge in [0.25, 0.3) is 5.56 Å². The Bertz CT molecular complexity index is 1430. The highest BCUT2D eigenvalue weighted by Gasteiger charge is 2.25. The molecule has 0 atom stereocenters. The fourth-order valence-corrected chi connectivity index (χ4v) is 4.41. The number of H-pyrrole nitrogens is 1. The molecule has 12 heteroatoms. The van der Waals surface area contributed by atoms with Crippen molar-refractivity contribution in [3.05, 3.63) is 81.1 Å². The van der Waals surface area contributed by atoms with Crippen LogP contribution in [-0.4, -0.2) is 56.1 Å². The number of rotatable bonds is 10.